The number of carbonyl (C=O) groups is 2. The molecular weight excluding hydrogens is 420 g/mol. The van der Waals surface area contributed by atoms with Crippen molar-refractivity contribution in [1.29, 1.82) is 0 Å². The van der Waals surface area contributed by atoms with Crippen molar-refractivity contribution in [1.82, 2.24) is 4.90 Å². The van der Waals surface area contributed by atoms with Gasteiger partial charge in [0.25, 0.3) is 5.69 Å². The number of carbonyl (C=O) groups excluding carboxylic acids is 2. The van der Waals surface area contributed by atoms with Crippen LogP contribution < -0.4 is 10.1 Å². The second kappa shape index (κ2) is 8.76. The Labute approximate surface area is 182 Å². The lowest BCUT2D eigenvalue weighted by Crippen LogP contribution is -2.35. The number of ether oxygens (including phenoxy) is 1. The van der Waals surface area contributed by atoms with E-state index in [0.717, 1.165) is 18.5 Å². The van der Waals surface area contributed by atoms with Crippen LogP contribution in [0.5, 0.6) is 5.75 Å². The van der Waals surface area contributed by atoms with Gasteiger partial charge < -0.3 is 10.1 Å². The molecule has 1 aliphatic heterocycles. The van der Waals surface area contributed by atoms with Crippen molar-refractivity contribution in [3.63, 3.8) is 0 Å². The van der Waals surface area contributed by atoms with E-state index in [1.807, 2.05) is 30.3 Å². The van der Waals surface area contributed by atoms with Gasteiger partial charge in [0, 0.05) is 12.5 Å². The zero-order valence-electron chi connectivity index (χ0n) is 16.7. The number of para-hydroxylation sites is 1. The van der Waals surface area contributed by atoms with Crippen LogP contribution in [0.15, 0.2) is 53.5 Å². The SMILES string of the molecule is COc1ccc(NC(=O)CC2SC(=Nc3ccccc3)N(C3CC3)C2=O)c([N+](=O)[O-])c1. The zero-order valence-corrected chi connectivity index (χ0v) is 17.5. The molecule has 1 heterocycles. The summed E-state index contributed by atoms with van der Waals surface area (Å²) in [6.45, 7) is 0. The van der Waals surface area contributed by atoms with Crippen LogP contribution in [0.2, 0.25) is 0 Å². The first-order valence-electron chi connectivity index (χ1n) is 9.72. The van der Waals surface area contributed by atoms with E-state index < -0.39 is 16.1 Å². The third-order valence-electron chi connectivity index (χ3n) is 4.91. The average molecular weight is 440 g/mol. The minimum Gasteiger partial charge on any atom is -0.496 e. The number of nitrogens with zero attached hydrogens (tertiary/aromatic N) is 3. The predicted octanol–water partition coefficient (Wildman–Crippen LogP) is 3.73. The van der Waals surface area contributed by atoms with Crippen LogP contribution in [0.1, 0.15) is 19.3 Å². The zero-order chi connectivity index (χ0) is 22.0. The third-order valence-corrected chi connectivity index (χ3v) is 6.06. The van der Waals surface area contributed by atoms with Gasteiger partial charge in [0.05, 0.1) is 23.8 Å². The van der Waals surface area contributed by atoms with E-state index in [0.29, 0.717) is 10.9 Å². The number of hydrogen-bond donors (Lipinski definition) is 1. The maximum atomic E-state index is 13.0. The highest BCUT2D eigenvalue weighted by Crippen LogP contribution is 2.39. The van der Waals surface area contributed by atoms with E-state index in [1.165, 1.54) is 37.1 Å². The standard InChI is InChI=1S/C21H20N4O5S/c1-30-15-9-10-16(17(11-15)25(28)29)23-19(26)12-18-20(27)24(14-7-8-14)21(31-18)22-13-5-3-2-4-6-13/h2-6,9-11,14,18H,7-8,12H2,1H3,(H,23,26). The molecule has 1 atom stereocenters. The number of aliphatic imine (C=N–C) groups is 1. The van der Waals surface area contributed by atoms with Gasteiger partial charge in [-0.25, -0.2) is 4.99 Å². The van der Waals surface area contributed by atoms with Crippen molar-refractivity contribution < 1.29 is 19.2 Å². The first-order chi connectivity index (χ1) is 15.0. The largest absolute Gasteiger partial charge is 0.496 e. The minimum atomic E-state index is -0.625. The lowest BCUT2D eigenvalue weighted by Gasteiger charge is -2.15. The molecule has 2 aromatic rings. The molecule has 0 spiro atoms. The summed E-state index contributed by atoms with van der Waals surface area (Å²) in [5.41, 5.74) is 0.523. The summed E-state index contributed by atoms with van der Waals surface area (Å²) in [6.07, 6.45) is 1.72. The maximum absolute atomic E-state index is 13.0. The monoisotopic (exact) mass is 440 g/mol. The van der Waals surface area contributed by atoms with Crippen LogP contribution in [-0.4, -0.2) is 45.2 Å². The average Bonchev–Trinajstić information content (AvgIpc) is 3.54. The van der Waals surface area contributed by atoms with Crippen LogP contribution in [0.4, 0.5) is 17.1 Å². The first kappa shape index (κ1) is 20.9. The minimum absolute atomic E-state index is 0.0588. The highest BCUT2D eigenvalue weighted by molar-refractivity contribution is 8.15. The Hall–Kier alpha value is -3.40. The topological polar surface area (TPSA) is 114 Å². The summed E-state index contributed by atoms with van der Waals surface area (Å²) in [5, 5.41) is 13.8. The molecule has 2 fully saturated rings. The van der Waals surface area contributed by atoms with Crippen LogP contribution in [0.25, 0.3) is 0 Å². The Bertz CT molecular complexity index is 1050. The molecule has 1 unspecified atom stereocenters. The maximum Gasteiger partial charge on any atom is 0.296 e. The highest BCUT2D eigenvalue weighted by atomic mass is 32.2. The normalized spacial score (nSPS) is 19.5. The van der Waals surface area contributed by atoms with Crippen LogP contribution in [-0.2, 0) is 9.59 Å². The van der Waals surface area contributed by atoms with E-state index >= 15 is 0 Å². The molecule has 160 valence electrons. The Kier molecular flexibility index (Phi) is 5.90. The molecule has 31 heavy (non-hydrogen) atoms. The summed E-state index contributed by atoms with van der Waals surface area (Å²) < 4.78 is 5.00. The number of thioether (sulfide) groups is 1. The molecule has 1 saturated heterocycles. The van der Waals surface area contributed by atoms with E-state index in [1.54, 1.807) is 4.90 Å². The Morgan fingerprint density at radius 1 is 1.29 bits per heavy atom. The number of amidine groups is 1. The van der Waals surface area contributed by atoms with Crippen LogP contribution in [0.3, 0.4) is 0 Å². The summed E-state index contributed by atoms with van der Waals surface area (Å²) >= 11 is 1.26. The fraction of sp³-hybridized carbons (Fsp3) is 0.286. The molecule has 1 N–H and O–H groups in total. The van der Waals surface area contributed by atoms with Gasteiger partial charge in [0.1, 0.15) is 16.7 Å². The molecule has 4 rings (SSSR count). The van der Waals surface area contributed by atoms with Gasteiger partial charge in [-0.05, 0) is 37.1 Å². The number of methoxy groups -OCH3 is 1. The van der Waals surface area contributed by atoms with Crippen molar-refractivity contribution in [2.24, 2.45) is 4.99 Å². The van der Waals surface area contributed by atoms with E-state index in [2.05, 4.69) is 10.3 Å². The fourth-order valence-corrected chi connectivity index (χ4v) is 4.45. The Morgan fingerprint density at radius 3 is 2.68 bits per heavy atom. The van der Waals surface area contributed by atoms with E-state index in [9.17, 15) is 19.7 Å². The summed E-state index contributed by atoms with van der Waals surface area (Å²) in [6, 6.07) is 13.6. The number of amides is 2. The van der Waals surface area contributed by atoms with Crippen LogP contribution >= 0.6 is 11.8 Å². The van der Waals surface area contributed by atoms with Gasteiger partial charge >= 0.3 is 0 Å². The predicted molar refractivity (Wildman–Crippen MR) is 118 cm³/mol. The summed E-state index contributed by atoms with van der Waals surface area (Å²) in [7, 11) is 1.40. The molecular formula is C21H20N4O5S. The molecule has 0 bridgehead atoms. The van der Waals surface area contributed by atoms with E-state index in [-0.39, 0.29) is 29.7 Å². The fourth-order valence-electron chi connectivity index (χ4n) is 3.24. The van der Waals surface area contributed by atoms with Gasteiger partial charge in [0.2, 0.25) is 11.8 Å². The molecule has 2 amide bonds. The van der Waals surface area contributed by atoms with Crippen molar-refractivity contribution in [2.45, 2.75) is 30.6 Å². The smallest absolute Gasteiger partial charge is 0.296 e. The third kappa shape index (κ3) is 4.69. The Morgan fingerprint density at radius 2 is 2.03 bits per heavy atom. The van der Waals surface area contributed by atoms with Gasteiger partial charge in [-0.1, -0.05) is 30.0 Å². The molecule has 10 heteroatoms. The number of anilines is 1. The molecule has 0 aromatic heterocycles. The lowest BCUT2D eigenvalue weighted by molar-refractivity contribution is -0.384. The number of hydrogen-bond acceptors (Lipinski definition) is 7. The summed E-state index contributed by atoms with van der Waals surface area (Å²) in [4.78, 5) is 42.6. The second-order valence-electron chi connectivity index (χ2n) is 7.17. The molecule has 0 radical (unpaired) electrons. The quantitative estimate of drug-likeness (QED) is 0.518. The molecule has 2 aromatic carbocycles. The molecule has 1 saturated carbocycles. The molecule has 2 aliphatic rings. The summed E-state index contributed by atoms with van der Waals surface area (Å²) in [5.74, 6) is -0.314. The number of benzene rings is 2. The van der Waals surface area contributed by atoms with Gasteiger partial charge in [-0.15, -0.1) is 0 Å². The second-order valence-corrected chi connectivity index (χ2v) is 8.34. The van der Waals surface area contributed by atoms with Gasteiger partial charge in [0.15, 0.2) is 5.17 Å². The Balaban J connectivity index is 1.49. The molecule has 9 nitrogen and oxygen atoms in total. The molecule has 1 aliphatic carbocycles. The van der Waals surface area contributed by atoms with Gasteiger partial charge in [-0.3, -0.25) is 24.6 Å². The first-order valence-corrected chi connectivity index (χ1v) is 10.6. The number of nitrogens with one attached hydrogen (secondary N) is 1. The lowest BCUT2D eigenvalue weighted by atomic mass is 10.2. The highest BCUT2D eigenvalue weighted by Gasteiger charge is 2.46. The van der Waals surface area contributed by atoms with Crippen LogP contribution in [0, 0.1) is 10.1 Å². The van der Waals surface area contributed by atoms with Crippen molar-refractivity contribution >= 4 is 45.8 Å². The van der Waals surface area contributed by atoms with Crippen molar-refractivity contribution in [3.8, 4) is 5.75 Å². The number of nitro groups is 1. The van der Waals surface area contributed by atoms with E-state index in [4.69, 9.17) is 4.74 Å². The van der Waals surface area contributed by atoms with Gasteiger partial charge in [-0.2, -0.15) is 0 Å². The number of nitro benzene ring substituents is 1. The number of rotatable bonds is 7. The van der Waals surface area contributed by atoms with Crippen molar-refractivity contribution in [3.05, 3.63) is 58.6 Å². The van der Waals surface area contributed by atoms with Crippen molar-refractivity contribution in [2.75, 3.05) is 12.4 Å².